The second-order valence-electron chi connectivity index (χ2n) is 1.63. The van der Waals surface area contributed by atoms with E-state index in [0.717, 1.165) is 0 Å². The maximum absolute atomic E-state index is 10.3. The van der Waals surface area contributed by atoms with Gasteiger partial charge in [-0.15, -0.1) is 0 Å². The molecule has 1 aliphatic heterocycles. The number of halogens is 1. The molecule has 1 unspecified atom stereocenters. The summed E-state index contributed by atoms with van der Waals surface area (Å²) in [6, 6.07) is 0. The van der Waals surface area contributed by atoms with Gasteiger partial charge in [0.2, 0.25) is 10.3 Å². The number of dihydropyridines is 1. The Morgan fingerprint density at radius 2 is 2.30 bits per heavy atom. The zero-order valence-electron chi connectivity index (χ0n) is 4.86. The maximum atomic E-state index is 10.3. The zero-order valence-corrected chi connectivity index (χ0v) is 6.43. The Morgan fingerprint density at radius 1 is 1.60 bits per heavy atom. The van der Waals surface area contributed by atoms with Crippen LogP contribution in [0, 0.1) is 0 Å². The van der Waals surface area contributed by atoms with Crippen LogP contribution in [0.3, 0.4) is 0 Å². The van der Waals surface area contributed by atoms with Gasteiger partial charge in [-0.1, -0.05) is 11.6 Å². The molecule has 0 aromatic heterocycles. The SMILES string of the molecule is O=S(=O)=C1C=CC=NC1Cl. The summed E-state index contributed by atoms with van der Waals surface area (Å²) in [6.45, 7) is 0. The van der Waals surface area contributed by atoms with Gasteiger partial charge >= 0.3 is 0 Å². The third-order valence-electron chi connectivity index (χ3n) is 0.991. The molecule has 3 nitrogen and oxygen atoms in total. The number of allylic oxidation sites excluding steroid dienone is 1. The van der Waals surface area contributed by atoms with E-state index in [2.05, 4.69) is 4.99 Å². The fourth-order valence-electron chi connectivity index (χ4n) is 0.551. The first-order chi connectivity index (χ1) is 4.72. The van der Waals surface area contributed by atoms with Crippen LogP contribution in [0.4, 0.5) is 0 Å². The number of aliphatic imine (C=N–C) groups is 1. The summed E-state index contributed by atoms with van der Waals surface area (Å²) in [4.78, 5) is 3.77. The number of rotatable bonds is 0. The van der Waals surface area contributed by atoms with Crippen molar-refractivity contribution in [2.75, 3.05) is 0 Å². The third-order valence-corrected chi connectivity index (χ3v) is 2.21. The number of nitrogens with zero attached hydrogens (tertiary/aromatic N) is 1. The molecule has 1 atom stereocenters. The van der Waals surface area contributed by atoms with Crippen LogP contribution in [0.1, 0.15) is 0 Å². The third kappa shape index (κ3) is 1.46. The highest BCUT2D eigenvalue weighted by Gasteiger charge is 2.10. The van der Waals surface area contributed by atoms with Crippen LogP contribution in [-0.2, 0) is 10.3 Å². The van der Waals surface area contributed by atoms with Gasteiger partial charge in [-0.2, -0.15) is 8.42 Å². The Bertz CT molecular complexity index is 307. The van der Waals surface area contributed by atoms with Gasteiger partial charge in [-0.25, -0.2) is 0 Å². The van der Waals surface area contributed by atoms with E-state index in [9.17, 15) is 8.42 Å². The molecule has 0 aliphatic carbocycles. The van der Waals surface area contributed by atoms with Crippen LogP contribution >= 0.6 is 11.6 Å². The van der Waals surface area contributed by atoms with Crippen LogP contribution in [0.25, 0.3) is 0 Å². The molecule has 1 aliphatic rings. The minimum Gasteiger partial charge on any atom is -0.268 e. The largest absolute Gasteiger partial charge is 0.268 e. The highest BCUT2D eigenvalue weighted by Crippen LogP contribution is 2.04. The van der Waals surface area contributed by atoms with Gasteiger partial charge in [0.05, 0.1) is 0 Å². The standard InChI is InChI=1S/C5H4ClNO2S/c6-5-4(10(8)9)2-1-3-7-5/h1-3,5H. The monoisotopic (exact) mass is 177 g/mol. The van der Waals surface area contributed by atoms with Crippen molar-refractivity contribution >= 4 is 33.0 Å². The van der Waals surface area contributed by atoms with Gasteiger partial charge < -0.3 is 0 Å². The molecule has 0 bridgehead atoms. The molecule has 5 heteroatoms. The molecule has 0 aromatic rings. The average Bonchev–Trinajstić information content (AvgIpc) is 1.88. The molecular formula is C5H4ClNO2S. The lowest BCUT2D eigenvalue weighted by Gasteiger charge is -2.01. The van der Waals surface area contributed by atoms with Crippen LogP contribution in [-0.4, -0.2) is 25.0 Å². The smallest absolute Gasteiger partial charge is 0.220 e. The van der Waals surface area contributed by atoms with Crippen molar-refractivity contribution in [2.45, 2.75) is 5.50 Å². The van der Waals surface area contributed by atoms with E-state index in [0.29, 0.717) is 0 Å². The van der Waals surface area contributed by atoms with Gasteiger partial charge in [0.15, 0.2) is 5.50 Å². The molecule has 0 radical (unpaired) electrons. The zero-order chi connectivity index (χ0) is 7.56. The second kappa shape index (κ2) is 2.98. The van der Waals surface area contributed by atoms with Gasteiger partial charge in [0.25, 0.3) is 0 Å². The molecular weight excluding hydrogens is 174 g/mol. The highest BCUT2D eigenvalue weighted by molar-refractivity contribution is 7.73. The van der Waals surface area contributed by atoms with E-state index in [1.165, 1.54) is 18.4 Å². The lowest BCUT2D eigenvalue weighted by molar-refractivity contribution is 0.627. The highest BCUT2D eigenvalue weighted by atomic mass is 35.5. The van der Waals surface area contributed by atoms with E-state index >= 15 is 0 Å². The summed E-state index contributed by atoms with van der Waals surface area (Å²) < 4.78 is 20.6. The molecule has 1 heterocycles. The normalized spacial score (nSPS) is 23.3. The van der Waals surface area contributed by atoms with E-state index in [4.69, 9.17) is 11.6 Å². The van der Waals surface area contributed by atoms with Crippen molar-refractivity contribution in [3.05, 3.63) is 12.2 Å². The summed E-state index contributed by atoms with van der Waals surface area (Å²) in [5.74, 6) is 0. The van der Waals surface area contributed by atoms with Crippen LogP contribution in [0.2, 0.25) is 0 Å². The van der Waals surface area contributed by atoms with E-state index in [1.807, 2.05) is 0 Å². The Labute approximate surface area is 64.6 Å². The topological polar surface area (TPSA) is 46.5 Å². The minimum absolute atomic E-state index is 0.115. The summed E-state index contributed by atoms with van der Waals surface area (Å²) in [6.07, 6.45) is 4.42. The van der Waals surface area contributed by atoms with Crippen LogP contribution in [0.15, 0.2) is 17.1 Å². The van der Waals surface area contributed by atoms with E-state index in [1.54, 1.807) is 0 Å². The van der Waals surface area contributed by atoms with Gasteiger partial charge in [-0.3, -0.25) is 4.99 Å². The first-order valence-corrected chi connectivity index (χ1v) is 4.03. The predicted molar refractivity (Wildman–Crippen MR) is 41.2 cm³/mol. The van der Waals surface area contributed by atoms with Crippen LogP contribution in [0.5, 0.6) is 0 Å². The van der Waals surface area contributed by atoms with Crippen molar-refractivity contribution in [1.29, 1.82) is 0 Å². The summed E-state index contributed by atoms with van der Waals surface area (Å²) in [5.41, 5.74) is -0.747. The van der Waals surface area contributed by atoms with Crippen molar-refractivity contribution in [2.24, 2.45) is 4.99 Å². The average molecular weight is 178 g/mol. The molecule has 54 valence electrons. The van der Waals surface area contributed by atoms with E-state index in [-0.39, 0.29) is 4.86 Å². The van der Waals surface area contributed by atoms with Gasteiger partial charge in [0, 0.05) is 6.21 Å². The van der Waals surface area contributed by atoms with E-state index < -0.39 is 15.8 Å². The number of alkyl halides is 1. The lowest BCUT2D eigenvalue weighted by Crippen LogP contribution is -2.13. The molecule has 0 fully saturated rings. The predicted octanol–water partition coefficient (Wildman–Crippen LogP) is 0.243. The molecule has 0 amide bonds. The van der Waals surface area contributed by atoms with Crippen molar-refractivity contribution in [1.82, 2.24) is 0 Å². The van der Waals surface area contributed by atoms with Crippen molar-refractivity contribution in [3.63, 3.8) is 0 Å². The van der Waals surface area contributed by atoms with Crippen molar-refractivity contribution in [3.8, 4) is 0 Å². The molecule has 0 saturated heterocycles. The molecule has 0 saturated carbocycles. The summed E-state index contributed by atoms with van der Waals surface area (Å²) in [7, 11) is -2.25. The van der Waals surface area contributed by atoms with Crippen molar-refractivity contribution < 1.29 is 8.42 Å². The number of hydrogen-bond donors (Lipinski definition) is 0. The minimum atomic E-state index is -2.25. The fourth-order valence-corrected chi connectivity index (χ4v) is 1.32. The molecule has 1 rings (SSSR count). The fraction of sp³-hybridized carbons (Fsp3) is 0.200. The first-order valence-electron chi connectivity index (χ1n) is 2.52. The second-order valence-corrected chi connectivity index (χ2v) is 2.98. The van der Waals surface area contributed by atoms with Gasteiger partial charge in [0.1, 0.15) is 4.86 Å². The Balaban J connectivity index is 3.15. The summed E-state index contributed by atoms with van der Waals surface area (Å²) in [5, 5.41) is 0. The molecule has 0 aromatic carbocycles. The molecule has 0 N–H and O–H groups in total. The van der Waals surface area contributed by atoms with Gasteiger partial charge in [-0.05, 0) is 12.2 Å². The number of hydrogen-bond acceptors (Lipinski definition) is 3. The Hall–Kier alpha value is -0.610. The Morgan fingerprint density at radius 3 is 2.70 bits per heavy atom. The maximum Gasteiger partial charge on any atom is 0.220 e. The lowest BCUT2D eigenvalue weighted by atomic mass is 10.3. The first kappa shape index (κ1) is 7.50. The molecule has 0 spiro atoms. The quantitative estimate of drug-likeness (QED) is 0.302. The van der Waals surface area contributed by atoms with Crippen LogP contribution < -0.4 is 0 Å². The molecule has 10 heavy (non-hydrogen) atoms. The Kier molecular flexibility index (Phi) is 2.24. The summed E-state index contributed by atoms with van der Waals surface area (Å²) >= 11 is 5.50.